The minimum Gasteiger partial charge on any atom is -0.293 e. The number of hydrogen-bond donors (Lipinski definition) is 1. The first-order valence-electron chi connectivity index (χ1n) is 6.16. The molecule has 0 aliphatic carbocycles. The van der Waals surface area contributed by atoms with E-state index >= 15 is 0 Å². The Hall–Kier alpha value is -1.98. The zero-order valence-corrected chi connectivity index (χ0v) is 11.6. The Kier molecular flexibility index (Phi) is 4.65. The molecule has 0 radical (unpaired) electrons. The maximum atomic E-state index is 11.9. The number of Topliss-reactive ketones (excluding diaryl/α,β-unsaturated/α-hetero) is 1. The van der Waals surface area contributed by atoms with Gasteiger partial charge in [-0.25, -0.2) is 13.1 Å². The van der Waals surface area contributed by atoms with E-state index in [9.17, 15) is 13.2 Å². The minimum atomic E-state index is -3.51. The molecule has 0 bridgehead atoms. The third-order valence-corrected chi connectivity index (χ3v) is 4.05. The molecule has 0 aromatic heterocycles. The van der Waals surface area contributed by atoms with Crippen LogP contribution in [0.5, 0.6) is 0 Å². The minimum absolute atomic E-state index is 0.129. The molecule has 0 unspecified atom stereocenters. The molecule has 0 fully saturated rings. The van der Waals surface area contributed by atoms with Crippen LogP contribution in [0.2, 0.25) is 0 Å². The standard InChI is InChI=1S/C15H15NO3S/c17-15(14-9-5-2-6-10-14)11-16-20(18,19)12-13-7-3-1-4-8-13/h1-10,16H,11-12H2. The van der Waals surface area contributed by atoms with E-state index < -0.39 is 10.0 Å². The van der Waals surface area contributed by atoms with Gasteiger partial charge in [-0.1, -0.05) is 60.7 Å². The maximum absolute atomic E-state index is 11.9. The second kappa shape index (κ2) is 6.45. The van der Waals surface area contributed by atoms with Gasteiger partial charge in [-0.15, -0.1) is 0 Å². The molecule has 0 amide bonds. The summed E-state index contributed by atoms with van der Waals surface area (Å²) in [5.41, 5.74) is 1.18. The average molecular weight is 289 g/mol. The third-order valence-electron chi connectivity index (χ3n) is 2.75. The van der Waals surface area contributed by atoms with Crippen molar-refractivity contribution in [1.82, 2.24) is 4.72 Å². The zero-order chi connectivity index (χ0) is 14.4. The number of benzene rings is 2. The van der Waals surface area contributed by atoms with E-state index in [0.29, 0.717) is 11.1 Å². The second-order valence-corrected chi connectivity index (χ2v) is 6.16. The van der Waals surface area contributed by atoms with E-state index in [1.807, 2.05) is 6.07 Å². The van der Waals surface area contributed by atoms with Crippen LogP contribution in [-0.4, -0.2) is 20.7 Å². The van der Waals surface area contributed by atoms with Gasteiger partial charge in [0.1, 0.15) is 0 Å². The smallest absolute Gasteiger partial charge is 0.216 e. The predicted molar refractivity (Wildman–Crippen MR) is 77.8 cm³/mol. The maximum Gasteiger partial charge on any atom is 0.216 e. The second-order valence-electron chi connectivity index (χ2n) is 4.36. The van der Waals surface area contributed by atoms with E-state index in [0.717, 1.165) is 0 Å². The van der Waals surface area contributed by atoms with E-state index in [1.165, 1.54) is 0 Å². The van der Waals surface area contributed by atoms with Crippen LogP contribution >= 0.6 is 0 Å². The van der Waals surface area contributed by atoms with Crippen molar-refractivity contribution in [2.75, 3.05) is 6.54 Å². The molecule has 2 aromatic carbocycles. The van der Waals surface area contributed by atoms with Crippen LogP contribution in [0.15, 0.2) is 60.7 Å². The highest BCUT2D eigenvalue weighted by molar-refractivity contribution is 7.88. The quantitative estimate of drug-likeness (QED) is 0.827. The Morgan fingerprint density at radius 2 is 1.45 bits per heavy atom. The summed E-state index contributed by atoms with van der Waals surface area (Å²) in [6.07, 6.45) is 0. The SMILES string of the molecule is O=C(CNS(=O)(=O)Cc1ccccc1)c1ccccc1. The molecule has 2 aromatic rings. The summed E-state index contributed by atoms with van der Waals surface area (Å²) in [6.45, 7) is -0.223. The molecule has 5 heteroatoms. The van der Waals surface area contributed by atoms with Gasteiger partial charge in [0, 0.05) is 5.56 Å². The third kappa shape index (κ3) is 4.29. The van der Waals surface area contributed by atoms with Crippen molar-refractivity contribution in [2.45, 2.75) is 5.75 Å². The highest BCUT2D eigenvalue weighted by atomic mass is 32.2. The number of ketones is 1. The summed E-state index contributed by atoms with van der Waals surface area (Å²) in [6, 6.07) is 17.5. The molecule has 0 spiro atoms. The van der Waals surface area contributed by atoms with Gasteiger partial charge in [-0.2, -0.15) is 0 Å². The molecule has 0 heterocycles. The van der Waals surface area contributed by atoms with Gasteiger partial charge in [-0.3, -0.25) is 4.79 Å². The molecule has 0 saturated carbocycles. The number of rotatable bonds is 6. The Labute approximate surface area is 118 Å². The summed E-state index contributed by atoms with van der Waals surface area (Å²) >= 11 is 0. The van der Waals surface area contributed by atoms with Gasteiger partial charge in [0.15, 0.2) is 5.78 Å². The van der Waals surface area contributed by atoms with Gasteiger partial charge in [0.05, 0.1) is 12.3 Å². The van der Waals surface area contributed by atoms with Crippen LogP contribution in [0.1, 0.15) is 15.9 Å². The zero-order valence-electron chi connectivity index (χ0n) is 10.8. The Morgan fingerprint density at radius 1 is 0.900 bits per heavy atom. The van der Waals surface area contributed by atoms with Crippen molar-refractivity contribution in [1.29, 1.82) is 0 Å². The summed E-state index contributed by atoms with van der Waals surface area (Å²) in [5.74, 6) is -0.377. The van der Waals surface area contributed by atoms with E-state index in [1.54, 1.807) is 54.6 Å². The van der Waals surface area contributed by atoms with Crippen LogP contribution in [0.3, 0.4) is 0 Å². The lowest BCUT2D eigenvalue weighted by atomic mass is 10.1. The molecule has 1 N–H and O–H groups in total. The van der Waals surface area contributed by atoms with Gasteiger partial charge in [0.2, 0.25) is 10.0 Å². The van der Waals surface area contributed by atoms with Crippen LogP contribution in [-0.2, 0) is 15.8 Å². The first kappa shape index (κ1) is 14.4. The first-order valence-corrected chi connectivity index (χ1v) is 7.81. The number of carbonyl (C=O) groups excluding carboxylic acids is 1. The molecule has 2 rings (SSSR count). The van der Waals surface area contributed by atoms with Gasteiger partial charge < -0.3 is 0 Å². The van der Waals surface area contributed by atoms with Crippen LogP contribution < -0.4 is 4.72 Å². The molecule has 0 aliphatic heterocycles. The highest BCUT2D eigenvalue weighted by Crippen LogP contribution is 2.04. The Morgan fingerprint density at radius 3 is 2.05 bits per heavy atom. The average Bonchev–Trinajstić information content (AvgIpc) is 2.46. The lowest BCUT2D eigenvalue weighted by molar-refractivity contribution is 0.0997. The fourth-order valence-electron chi connectivity index (χ4n) is 1.75. The topological polar surface area (TPSA) is 63.2 Å². The fourth-order valence-corrected chi connectivity index (χ4v) is 2.83. The fraction of sp³-hybridized carbons (Fsp3) is 0.133. The van der Waals surface area contributed by atoms with Crippen molar-refractivity contribution in [2.24, 2.45) is 0 Å². The van der Waals surface area contributed by atoms with Crippen molar-refractivity contribution < 1.29 is 13.2 Å². The lowest BCUT2D eigenvalue weighted by Gasteiger charge is -2.06. The Balaban J connectivity index is 1.95. The molecule has 4 nitrogen and oxygen atoms in total. The molecular weight excluding hydrogens is 274 g/mol. The molecule has 20 heavy (non-hydrogen) atoms. The van der Waals surface area contributed by atoms with Crippen molar-refractivity contribution >= 4 is 15.8 Å². The van der Waals surface area contributed by atoms with Crippen molar-refractivity contribution in [3.63, 3.8) is 0 Å². The highest BCUT2D eigenvalue weighted by Gasteiger charge is 2.14. The normalized spacial score (nSPS) is 11.2. The van der Waals surface area contributed by atoms with Crippen LogP contribution in [0.25, 0.3) is 0 Å². The van der Waals surface area contributed by atoms with Crippen molar-refractivity contribution in [3.8, 4) is 0 Å². The van der Waals surface area contributed by atoms with Crippen molar-refractivity contribution in [3.05, 3.63) is 71.8 Å². The predicted octanol–water partition coefficient (Wildman–Crippen LogP) is 1.99. The van der Waals surface area contributed by atoms with Gasteiger partial charge >= 0.3 is 0 Å². The summed E-state index contributed by atoms with van der Waals surface area (Å²) in [4.78, 5) is 11.8. The first-order chi connectivity index (χ1) is 9.57. The summed E-state index contributed by atoms with van der Waals surface area (Å²) in [5, 5.41) is 0. The van der Waals surface area contributed by atoms with E-state index in [-0.39, 0.29) is 18.1 Å². The number of hydrogen-bond acceptors (Lipinski definition) is 3. The van der Waals surface area contributed by atoms with Gasteiger partial charge in [-0.05, 0) is 5.56 Å². The summed E-state index contributed by atoms with van der Waals surface area (Å²) in [7, 11) is -3.51. The number of sulfonamides is 1. The largest absolute Gasteiger partial charge is 0.293 e. The molecule has 0 aliphatic rings. The van der Waals surface area contributed by atoms with E-state index in [4.69, 9.17) is 0 Å². The van der Waals surface area contributed by atoms with Gasteiger partial charge in [0.25, 0.3) is 0 Å². The lowest BCUT2D eigenvalue weighted by Crippen LogP contribution is -2.30. The van der Waals surface area contributed by atoms with E-state index in [2.05, 4.69) is 4.72 Å². The molecular formula is C15H15NO3S. The number of nitrogens with one attached hydrogen (secondary N) is 1. The van der Waals surface area contributed by atoms with Crippen LogP contribution in [0.4, 0.5) is 0 Å². The molecule has 0 saturated heterocycles. The molecule has 0 atom stereocenters. The van der Waals surface area contributed by atoms with Crippen LogP contribution in [0, 0.1) is 0 Å². The Bertz CT molecular complexity index is 667. The monoisotopic (exact) mass is 289 g/mol. The molecule has 104 valence electrons. The summed E-state index contributed by atoms with van der Waals surface area (Å²) < 4.78 is 26.1. The number of carbonyl (C=O) groups is 1.